The molecule has 0 N–H and O–H groups in total. The molecule has 9 atom stereocenters. The van der Waals surface area contributed by atoms with E-state index in [-0.39, 0.29) is 30.3 Å². The molecule has 2 saturated heterocycles. The molecule has 0 spiro atoms. The van der Waals surface area contributed by atoms with E-state index >= 15 is 0 Å². The van der Waals surface area contributed by atoms with Gasteiger partial charge in [0.2, 0.25) is 0 Å². The molecule has 1 amide bonds. The highest BCUT2D eigenvalue weighted by molar-refractivity contribution is 5.88. The van der Waals surface area contributed by atoms with Crippen molar-refractivity contribution >= 4 is 18.0 Å². The Kier molecular flexibility index (Phi) is 9.85. The first-order valence-electron chi connectivity index (χ1n) is 16.3. The Morgan fingerprint density at radius 2 is 1.34 bits per heavy atom. The van der Waals surface area contributed by atoms with Gasteiger partial charge < -0.3 is 14.2 Å². The maximum absolute atomic E-state index is 14.0. The molecule has 9 unspecified atom stereocenters. The third-order valence-electron chi connectivity index (χ3n) is 10.2. The molecule has 0 radical (unpaired) electrons. The topological polar surface area (TPSA) is 82.1 Å². The van der Waals surface area contributed by atoms with Crippen molar-refractivity contribution in [3.63, 3.8) is 0 Å². The van der Waals surface area contributed by atoms with Crippen LogP contribution in [0.4, 0.5) is 4.79 Å². The first-order chi connectivity index (χ1) is 19.2. The Bertz CT molecular complexity index is 996. The van der Waals surface area contributed by atoms with Gasteiger partial charge in [-0.05, 0) is 100 Å². The van der Waals surface area contributed by atoms with Crippen LogP contribution in [0.5, 0.6) is 0 Å². The lowest BCUT2D eigenvalue weighted by atomic mass is 9.75. The fraction of sp³-hybridized carbons (Fsp3) is 0.853. The normalized spacial score (nSPS) is 36.6. The zero-order valence-corrected chi connectivity index (χ0v) is 27.0. The molecule has 2 aliphatic heterocycles. The van der Waals surface area contributed by atoms with Gasteiger partial charge in [0.15, 0.2) is 0 Å². The maximum atomic E-state index is 14.0. The number of fused-ring (bicyclic) bond motifs is 2. The van der Waals surface area contributed by atoms with Gasteiger partial charge in [-0.3, -0.25) is 9.69 Å². The van der Waals surface area contributed by atoms with E-state index in [9.17, 15) is 14.4 Å². The van der Waals surface area contributed by atoms with Gasteiger partial charge >= 0.3 is 18.0 Å². The van der Waals surface area contributed by atoms with Crippen molar-refractivity contribution in [2.75, 3.05) is 0 Å². The van der Waals surface area contributed by atoms with Crippen LogP contribution in [0.15, 0.2) is 11.6 Å². The van der Waals surface area contributed by atoms with Crippen molar-refractivity contribution in [1.82, 2.24) is 4.90 Å². The number of esters is 2. The van der Waals surface area contributed by atoms with Gasteiger partial charge in [-0.2, -0.15) is 0 Å². The van der Waals surface area contributed by atoms with E-state index in [1.54, 1.807) is 4.90 Å². The summed E-state index contributed by atoms with van der Waals surface area (Å²) in [7, 11) is 0. The van der Waals surface area contributed by atoms with E-state index in [1.807, 2.05) is 20.8 Å². The lowest BCUT2D eigenvalue weighted by Crippen LogP contribution is -2.43. The van der Waals surface area contributed by atoms with Gasteiger partial charge in [0.25, 0.3) is 0 Å². The predicted molar refractivity (Wildman–Crippen MR) is 159 cm³/mol. The lowest BCUT2D eigenvalue weighted by Gasteiger charge is -2.37. The summed E-state index contributed by atoms with van der Waals surface area (Å²) < 4.78 is 18.2. The SMILES string of the molecule is CC1CCC(C(C)C)C(OC(=O)C=C2C(C(=O)OC3CC(C)CCC3C(C)C)C3CCC2N3C(=O)OC(C)(C)C)C1. The molecule has 0 aromatic heterocycles. The number of hydrogen-bond donors (Lipinski definition) is 0. The fourth-order valence-corrected chi connectivity index (χ4v) is 8.02. The maximum Gasteiger partial charge on any atom is 0.411 e. The molecular formula is C34H55NO6. The highest BCUT2D eigenvalue weighted by Crippen LogP contribution is 2.48. The summed E-state index contributed by atoms with van der Waals surface area (Å²) in [6.07, 6.45) is 8.27. The second-order valence-corrected chi connectivity index (χ2v) is 15.3. The number of ether oxygens (including phenoxy) is 3. The zero-order chi connectivity index (χ0) is 30.2. The Balaban J connectivity index is 1.60. The van der Waals surface area contributed by atoms with Crippen LogP contribution in [0.2, 0.25) is 0 Å². The smallest absolute Gasteiger partial charge is 0.411 e. The summed E-state index contributed by atoms with van der Waals surface area (Å²) in [5.74, 6) is 1.08. The van der Waals surface area contributed by atoms with Gasteiger partial charge in [-0.15, -0.1) is 0 Å². The van der Waals surface area contributed by atoms with Crippen molar-refractivity contribution in [2.45, 2.75) is 144 Å². The summed E-state index contributed by atoms with van der Waals surface area (Å²) in [6, 6.07) is -0.740. The monoisotopic (exact) mass is 573 g/mol. The minimum absolute atomic E-state index is 0.135. The Hall–Kier alpha value is -2.05. The van der Waals surface area contributed by atoms with Crippen molar-refractivity contribution in [3.8, 4) is 0 Å². The van der Waals surface area contributed by atoms with Crippen LogP contribution in [-0.4, -0.2) is 52.8 Å². The van der Waals surface area contributed by atoms with Crippen LogP contribution in [0, 0.1) is 41.4 Å². The zero-order valence-electron chi connectivity index (χ0n) is 27.0. The number of rotatable bonds is 6. The van der Waals surface area contributed by atoms with Crippen molar-refractivity contribution < 1.29 is 28.6 Å². The summed E-state index contributed by atoms with van der Waals surface area (Å²) in [6.45, 7) is 18.7. The van der Waals surface area contributed by atoms with E-state index in [2.05, 4.69) is 41.5 Å². The minimum Gasteiger partial charge on any atom is -0.462 e. The molecule has 2 saturated carbocycles. The Morgan fingerprint density at radius 1 is 0.805 bits per heavy atom. The summed E-state index contributed by atoms with van der Waals surface area (Å²) in [4.78, 5) is 42.6. The van der Waals surface area contributed by atoms with Crippen LogP contribution < -0.4 is 0 Å². The molecule has 2 aliphatic carbocycles. The van der Waals surface area contributed by atoms with Crippen molar-refractivity contribution in [3.05, 3.63) is 11.6 Å². The van der Waals surface area contributed by atoms with Gasteiger partial charge in [-0.25, -0.2) is 9.59 Å². The Labute approximate surface area is 248 Å². The molecular weight excluding hydrogens is 518 g/mol. The van der Waals surface area contributed by atoms with E-state index in [0.717, 1.165) is 38.5 Å². The first kappa shape index (κ1) is 31.9. The van der Waals surface area contributed by atoms with Crippen LogP contribution in [0.25, 0.3) is 0 Å². The standard InChI is InChI=1S/C34H55NO6/c1-19(2)23-12-10-21(5)16-28(23)39-30(36)18-25-26-14-15-27(35(26)33(38)41-34(7,8)9)31(25)32(37)40-29-17-22(6)11-13-24(29)20(3)4/h18-24,26-29,31H,10-17H2,1-9H3. The molecule has 2 bridgehead atoms. The van der Waals surface area contributed by atoms with E-state index < -0.39 is 23.6 Å². The van der Waals surface area contributed by atoms with Gasteiger partial charge in [-0.1, -0.05) is 54.4 Å². The second-order valence-electron chi connectivity index (χ2n) is 15.3. The average Bonchev–Trinajstić information content (AvgIpc) is 3.39. The quantitative estimate of drug-likeness (QED) is 0.188. The second kappa shape index (κ2) is 12.7. The van der Waals surface area contributed by atoms with Crippen LogP contribution in [-0.2, 0) is 23.8 Å². The third kappa shape index (κ3) is 7.30. The summed E-state index contributed by atoms with van der Waals surface area (Å²) >= 11 is 0. The van der Waals surface area contributed by atoms with E-state index in [4.69, 9.17) is 14.2 Å². The number of carbonyl (C=O) groups is 3. The summed E-state index contributed by atoms with van der Waals surface area (Å²) in [5.41, 5.74) is -0.0125. The van der Waals surface area contributed by atoms with Crippen LogP contribution >= 0.6 is 0 Å². The molecule has 2 heterocycles. The third-order valence-corrected chi connectivity index (χ3v) is 10.2. The molecule has 4 aliphatic rings. The van der Waals surface area contributed by atoms with E-state index in [0.29, 0.717) is 53.9 Å². The molecule has 0 aromatic rings. The number of hydrogen-bond acceptors (Lipinski definition) is 6. The average molecular weight is 574 g/mol. The number of amides is 1. The van der Waals surface area contributed by atoms with Gasteiger partial charge in [0, 0.05) is 6.08 Å². The van der Waals surface area contributed by atoms with Crippen molar-refractivity contribution in [2.24, 2.45) is 41.4 Å². The number of carbonyl (C=O) groups excluding carboxylic acids is 3. The molecule has 7 heteroatoms. The molecule has 4 rings (SSSR count). The number of nitrogens with zero attached hydrogens (tertiary/aromatic N) is 1. The van der Waals surface area contributed by atoms with Gasteiger partial charge in [0.1, 0.15) is 23.7 Å². The van der Waals surface area contributed by atoms with Gasteiger partial charge in [0.05, 0.1) is 12.1 Å². The highest BCUT2D eigenvalue weighted by Gasteiger charge is 2.57. The molecule has 41 heavy (non-hydrogen) atoms. The lowest BCUT2D eigenvalue weighted by molar-refractivity contribution is -0.160. The molecule has 232 valence electrons. The molecule has 7 nitrogen and oxygen atoms in total. The van der Waals surface area contributed by atoms with Crippen molar-refractivity contribution in [1.29, 1.82) is 0 Å². The summed E-state index contributed by atoms with van der Waals surface area (Å²) in [5, 5.41) is 0. The highest BCUT2D eigenvalue weighted by atomic mass is 16.6. The Morgan fingerprint density at radius 3 is 1.85 bits per heavy atom. The largest absolute Gasteiger partial charge is 0.462 e. The fourth-order valence-electron chi connectivity index (χ4n) is 8.02. The van der Waals surface area contributed by atoms with E-state index in [1.165, 1.54) is 6.08 Å². The predicted octanol–water partition coefficient (Wildman–Crippen LogP) is 7.32. The molecule has 4 fully saturated rings. The van der Waals surface area contributed by atoms with Crippen LogP contribution in [0.1, 0.15) is 114 Å². The molecule has 0 aromatic carbocycles. The first-order valence-corrected chi connectivity index (χ1v) is 16.3. The minimum atomic E-state index is -0.676. The van der Waals surface area contributed by atoms with Crippen LogP contribution in [0.3, 0.4) is 0 Å².